The first-order valence-corrected chi connectivity index (χ1v) is 29.2. The molecule has 0 aromatic carbocycles. The monoisotopic (exact) mass is 962 g/mol. The molecule has 1 rings (SSSR count). The average molecular weight is 963 g/mol. The van der Waals surface area contributed by atoms with Gasteiger partial charge in [0.15, 0.2) is 6.29 Å². The van der Waals surface area contributed by atoms with E-state index in [1.165, 1.54) is 218 Å². The molecular weight excluding hydrogens is 851 g/mol. The molecule has 0 aromatic rings. The Hall–Kier alpha value is -1.59. The van der Waals surface area contributed by atoms with Crippen LogP contribution in [0.5, 0.6) is 0 Å². The van der Waals surface area contributed by atoms with Crippen molar-refractivity contribution in [1.29, 1.82) is 0 Å². The number of nitrogens with one attached hydrogen (secondary N) is 1. The highest BCUT2D eigenvalue weighted by molar-refractivity contribution is 5.76. The van der Waals surface area contributed by atoms with Gasteiger partial charge in [0, 0.05) is 6.42 Å². The summed E-state index contributed by atoms with van der Waals surface area (Å²) in [5.74, 6) is -0.183. The van der Waals surface area contributed by atoms with Gasteiger partial charge in [-0.3, -0.25) is 4.79 Å². The first-order valence-electron chi connectivity index (χ1n) is 29.2. The number of allylic oxidation sites excluding steroid dienone is 5. The number of carbonyl (C=O) groups excluding carboxylic acids is 1. The van der Waals surface area contributed by atoms with Gasteiger partial charge in [0.25, 0.3) is 0 Å². The molecule has 0 radical (unpaired) electrons. The predicted octanol–water partition coefficient (Wildman–Crippen LogP) is 14.4. The molecule has 0 aliphatic carbocycles. The number of hydrogen-bond donors (Lipinski definition) is 6. The summed E-state index contributed by atoms with van der Waals surface area (Å²) in [4.78, 5) is 13.1. The predicted molar refractivity (Wildman–Crippen MR) is 286 cm³/mol. The molecule has 0 spiro atoms. The zero-order valence-electron chi connectivity index (χ0n) is 44.4. The van der Waals surface area contributed by atoms with E-state index in [0.29, 0.717) is 6.42 Å². The van der Waals surface area contributed by atoms with Crippen molar-refractivity contribution >= 4 is 5.91 Å². The lowest BCUT2D eigenvalue weighted by Crippen LogP contribution is -2.60. The number of amides is 1. The third kappa shape index (κ3) is 38.1. The molecule has 6 N–H and O–H groups in total. The highest BCUT2D eigenvalue weighted by Crippen LogP contribution is 2.23. The molecule has 1 aliphatic heterocycles. The Balaban J connectivity index is 2.23. The van der Waals surface area contributed by atoms with Crippen LogP contribution in [0.3, 0.4) is 0 Å². The van der Waals surface area contributed by atoms with Crippen molar-refractivity contribution in [2.75, 3.05) is 13.2 Å². The van der Waals surface area contributed by atoms with Crippen molar-refractivity contribution in [1.82, 2.24) is 5.32 Å². The van der Waals surface area contributed by atoms with Crippen LogP contribution in [0.25, 0.3) is 0 Å². The number of hydrogen-bond acceptors (Lipinski definition) is 8. The van der Waals surface area contributed by atoms with E-state index in [2.05, 4.69) is 43.5 Å². The van der Waals surface area contributed by atoms with Crippen LogP contribution in [0, 0.1) is 0 Å². The van der Waals surface area contributed by atoms with Gasteiger partial charge in [0.2, 0.25) is 5.91 Å². The summed E-state index contributed by atoms with van der Waals surface area (Å²) < 4.78 is 11.3. The van der Waals surface area contributed by atoms with Gasteiger partial charge in [0.05, 0.1) is 25.4 Å². The van der Waals surface area contributed by atoms with Gasteiger partial charge in [-0.1, -0.05) is 249 Å². The quantitative estimate of drug-likeness (QED) is 0.0261. The first kappa shape index (κ1) is 64.4. The minimum atomic E-state index is -1.57. The Labute approximate surface area is 419 Å². The minimum Gasteiger partial charge on any atom is -0.394 e. The molecule has 1 heterocycles. The number of rotatable bonds is 50. The van der Waals surface area contributed by atoms with Gasteiger partial charge < -0.3 is 40.3 Å². The third-order valence-corrected chi connectivity index (χ3v) is 13.9. The largest absolute Gasteiger partial charge is 0.394 e. The molecule has 9 nitrogen and oxygen atoms in total. The fourth-order valence-corrected chi connectivity index (χ4v) is 9.29. The lowest BCUT2D eigenvalue weighted by Gasteiger charge is -2.40. The first-order chi connectivity index (χ1) is 33.3. The van der Waals surface area contributed by atoms with E-state index in [1.807, 2.05) is 6.08 Å². The van der Waals surface area contributed by atoms with E-state index in [0.717, 1.165) is 38.5 Å². The fraction of sp³-hybridized carbons (Fsp3) is 0.881. The Bertz CT molecular complexity index is 1160. The molecule has 1 fully saturated rings. The van der Waals surface area contributed by atoms with E-state index >= 15 is 0 Å². The van der Waals surface area contributed by atoms with Gasteiger partial charge >= 0.3 is 0 Å². The van der Waals surface area contributed by atoms with Crippen molar-refractivity contribution in [2.45, 2.75) is 320 Å². The Morgan fingerprint density at radius 1 is 0.485 bits per heavy atom. The molecule has 68 heavy (non-hydrogen) atoms. The molecule has 9 heteroatoms. The maximum Gasteiger partial charge on any atom is 0.220 e. The number of aliphatic hydroxyl groups is 5. The lowest BCUT2D eigenvalue weighted by atomic mass is 9.99. The molecule has 7 atom stereocenters. The van der Waals surface area contributed by atoms with Crippen molar-refractivity contribution in [3.05, 3.63) is 36.5 Å². The topological polar surface area (TPSA) is 149 Å². The van der Waals surface area contributed by atoms with E-state index in [9.17, 15) is 30.3 Å². The van der Waals surface area contributed by atoms with Crippen LogP contribution >= 0.6 is 0 Å². The molecule has 400 valence electrons. The Morgan fingerprint density at radius 3 is 1.24 bits per heavy atom. The Kier molecular flexibility index (Phi) is 46.4. The third-order valence-electron chi connectivity index (χ3n) is 13.9. The van der Waals surface area contributed by atoms with Gasteiger partial charge in [-0.2, -0.15) is 0 Å². The Morgan fingerprint density at radius 2 is 0.838 bits per heavy atom. The summed E-state index contributed by atoms with van der Waals surface area (Å²) in [6.45, 7) is 3.79. The molecular formula is C59H111NO8. The van der Waals surface area contributed by atoms with Crippen LogP contribution in [0.2, 0.25) is 0 Å². The van der Waals surface area contributed by atoms with Gasteiger partial charge in [0.1, 0.15) is 24.4 Å². The number of carbonyl (C=O) groups is 1. The second-order valence-electron chi connectivity index (χ2n) is 20.4. The van der Waals surface area contributed by atoms with Crippen molar-refractivity contribution in [3.8, 4) is 0 Å². The van der Waals surface area contributed by atoms with Crippen molar-refractivity contribution in [3.63, 3.8) is 0 Å². The number of ether oxygens (including phenoxy) is 2. The molecule has 0 bridgehead atoms. The lowest BCUT2D eigenvalue weighted by molar-refractivity contribution is -0.302. The smallest absolute Gasteiger partial charge is 0.220 e. The summed E-state index contributed by atoms with van der Waals surface area (Å²) in [5, 5.41) is 54.5. The highest BCUT2D eigenvalue weighted by atomic mass is 16.7. The van der Waals surface area contributed by atoms with E-state index < -0.39 is 49.5 Å². The summed E-state index contributed by atoms with van der Waals surface area (Å²) in [6.07, 6.45) is 56.4. The number of aliphatic hydroxyl groups excluding tert-OH is 5. The minimum absolute atomic E-state index is 0.183. The van der Waals surface area contributed by atoms with E-state index in [4.69, 9.17) is 9.47 Å². The maximum absolute atomic E-state index is 13.1. The van der Waals surface area contributed by atoms with Crippen LogP contribution in [0.4, 0.5) is 0 Å². The van der Waals surface area contributed by atoms with Gasteiger partial charge in [-0.25, -0.2) is 0 Å². The summed E-state index contributed by atoms with van der Waals surface area (Å²) in [7, 11) is 0. The van der Waals surface area contributed by atoms with Crippen LogP contribution in [-0.4, -0.2) is 87.5 Å². The number of unbranched alkanes of at least 4 members (excludes halogenated alkanes) is 36. The average Bonchev–Trinajstić information content (AvgIpc) is 3.34. The summed E-state index contributed by atoms with van der Waals surface area (Å²) in [5.41, 5.74) is 0. The second kappa shape index (κ2) is 49.0. The molecule has 0 saturated carbocycles. The van der Waals surface area contributed by atoms with Crippen molar-refractivity contribution in [2.24, 2.45) is 0 Å². The van der Waals surface area contributed by atoms with E-state index in [1.54, 1.807) is 6.08 Å². The van der Waals surface area contributed by atoms with Crippen LogP contribution in [0.1, 0.15) is 277 Å². The second-order valence-corrected chi connectivity index (χ2v) is 20.4. The molecule has 1 amide bonds. The SMILES string of the molecule is CCCCCCCCCC/C=C\CCCCCCCCCCCCCCCC(=O)NC(COC1OC(CO)C(O)C(O)C1O)C(O)/C=C/CC/C=C/CCCCCCCCCCCCCCCC. The zero-order valence-corrected chi connectivity index (χ0v) is 44.4. The molecule has 7 unspecified atom stereocenters. The van der Waals surface area contributed by atoms with Crippen LogP contribution in [0.15, 0.2) is 36.5 Å². The summed E-state index contributed by atoms with van der Waals surface area (Å²) >= 11 is 0. The van der Waals surface area contributed by atoms with Crippen LogP contribution in [-0.2, 0) is 14.3 Å². The standard InChI is InChI=1S/C59H111NO8/c1-3-5-7-9-11-13-15-17-19-21-23-25-26-27-28-29-31-33-35-37-39-41-43-45-47-49-55(63)60-52(51-67-59-58(66)57(65)56(64)54(50-61)68-59)53(62)48-46-44-42-40-38-36-34-32-30-24-22-20-18-16-14-12-10-8-6-4-2/h21,23,38,40,46,48,52-54,56-59,61-62,64-66H,3-20,22,24-37,39,41-45,47,49-51H2,1-2H3,(H,60,63)/b23-21-,40-38+,48-46+. The molecule has 0 aromatic heterocycles. The van der Waals surface area contributed by atoms with Crippen LogP contribution < -0.4 is 5.32 Å². The van der Waals surface area contributed by atoms with Crippen molar-refractivity contribution < 1.29 is 39.8 Å². The van der Waals surface area contributed by atoms with Gasteiger partial charge in [-0.15, -0.1) is 0 Å². The molecule has 1 aliphatic rings. The van der Waals surface area contributed by atoms with E-state index in [-0.39, 0.29) is 12.5 Å². The zero-order chi connectivity index (χ0) is 49.4. The van der Waals surface area contributed by atoms with Gasteiger partial charge in [-0.05, 0) is 57.8 Å². The normalized spacial score (nSPS) is 19.8. The fourth-order valence-electron chi connectivity index (χ4n) is 9.29. The molecule has 1 saturated heterocycles. The maximum atomic E-state index is 13.1. The highest BCUT2D eigenvalue weighted by Gasteiger charge is 2.44. The summed E-state index contributed by atoms with van der Waals surface area (Å²) in [6, 6.07) is -0.821.